The number of hydrogen-bond acceptors (Lipinski definition) is 4. The van der Waals surface area contributed by atoms with Gasteiger partial charge in [-0.1, -0.05) is 29.5 Å². The van der Waals surface area contributed by atoms with Crippen molar-refractivity contribution in [2.24, 2.45) is 12.0 Å². The third-order valence-corrected chi connectivity index (χ3v) is 5.50. The number of halogens is 1. The molecule has 2 aromatic carbocycles. The molecule has 0 unspecified atom stereocenters. The largest absolute Gasteiger partial charge is 0.485 e. The van der Waals surface area contributed by atoms with Gasteiger partial charge in [-0.2, -0.15) is 4.99 Å². The van der Waals surface area contributed by atoms with E-state index in [0.717, 1.165) is 14.7 Å². The van der Waals surface area contributed by atoms with Gasteiger partial charge in [0.1, 0.15) is 6.61 Å². The fourth-order valence-corrected chi connectivity index (χ4v) is 4.39. The molecule has 0 saturated heterocycles. The first-order valence-electron chi connectivity index (χ1n) is 7.34. The van der Waals surface area contributed by atoms with E-state index in [0.29, 0.717) is 16.3 Å². The normalized spacial score (nSPS) is 17.2. The number of carbonyl (C=O) groups is 1. The summed E-state index contributed by atoms with van der Waals surface area (Å²) in [5.41, 5.74) is 1.01. The summed E-state index contributed by atoms with van der Waals surface area (Å²) >= 11 is 5.00. The number of fused-ring (bicyclic) bond motifs is 2. The van der Waals surface area contributed by atoms with Gasteiger partial charge >= 0.3 is 0 Å². The van der Waals surface area contributed by atoms with Crippen molar-refractivity contribution in [1.82, 2.24) is 4.57 Å². The van der Waals surface area contributed by atoms with Crippen molar-refractivity contribution in [3.8, 4) is 11.5 Å². The summed E-state index contributed by atoms with van der Waals surface area (Å²) in [4.78, 5) is 17.4. The van der Waals surface area contributed by atoms with Gasteiger partial charge in [-0.05, 0) is 40.2 Å². The van der Waals surface area contributed by atoms with E-state index in [1.807, 2.05) is 48.0 Å². The van der Waals surface area contributed by atoms with Gasteiger partial charge in [0.15, 0.2) is 16.3 Å². The van der Waals surface area contributed by atoms with Gasteiger partial charge in [0, 0.05) is 11.5 Å². The molecular weight excluding hydrogens is 392 g/mol. The zero-order chi connectivity index (χ0) is 16.7. The number of rotatable bonds is 1. The topological polar surface area (TPSA) is 52.8 Å². The summed E-state index contributed by atoms with van der Waals surface area (Å²) in [6.45, 7) is 0.164. The molecule has 122 valence electrons. The van der Waals surface area contributed by atoms with E-state index in [-0.39, 0.29) is 12.5 Å². The zero-order valence-corrected chi connectivity index (χ0v) is 15.1. The molecule has 0 fully saturated rings. The van der Waals surface area contributed by atoms with Crippen LogP contribution in [-0.2, 0) is 11.8 Å². The first-order chi connectivity index (χ1) is 11.6. The van der Waals surface area contributed by atoms with Crippen LogP contribution in [0.4, 0.5) is 0 Å². The Hall–Kier alpha value is -2.12. The summed E-state index contributed by atoms with van der Waals surface area (Å²) in [6.07, 6.45) is -0.728. The molecule has 0 saturated carbocycles. The van der Waals surface area contributed by atoms with E-state index >= 15 is 0 Å². The summed E-state index contributed by atoms with van der Waals surface area (Å²) in [7, 11) is 1.89. The predicted molar refractivity (Wildman–Crippen MR) is 95.4 cm³/mol. The lowest BCUT2D eigenvalue weighted by atomic mass is 10.2. The molecule has 1 atom stereocenters. The number of aryl methyl sites for hydroxylation is 1. The third kappa shape index (κ3) is 2.63. The van der Waals surface area contributed by atoms with Crippen LogP contribution < -0.4 is 14.3 Å². The molecular formula is C17H13BrN2O3S. The molecule has 1 aliphatic heterocycles. The van der Waals surface area contributed by atoms with Crippen LogP contribution >= 0.6 is 27.3 Å². The second-order valence-electron chi connectivity index (χ2n) is 5.34. The fourth-order valence-electron chi connectivity index (χ4n) is 2.57. The maximum Gasteiger partial charge on any atom is 0.292 e. The van der Waals surface area contributed by atoms with E-state index in [4.69, 9.17) is 9.47 Å². The lowest BCUT2D eigenvalue weighted by molar-refractivity contribution is -0.127. The molecule has 3 aromatic rings. The van der Waals surface area contributed by atoms with Crippen molar-refractivity contribution in [3.63, 3.8) is 0 Å². The molecule has 24 heavy (non-hydrogen) atoms. The van der Waals surface area contributed by atoms with Crippen LogP contribution in [0.15, 0.2) is 51.9 Å². The Labute approximate surface area is 150 Å². The Morgan fingerprint density at radius 3 is 2.83 bits per heavy atom. The average molecular weight is 405 g/mol. The van der Waals surface area contributed by atoms with E-state index in [9.17, 15) is 4.79 Å². The number of benzene rings is 2. The monoisotopic (exact) mass is 404 g/mol. The Kier molecular flexibility index (Phi) is 3.90. The van der Waals surface area contributed by atoms with Crippen molar-refractivity contribution in [3.05, 3.63) is 51.7 Å². The third-order valence-electron chi connectivity index (χ3n) is 3.76. The van der Waals surface area contributed by atoms with Crippen LogP contribution in [0.5, 0.6) is 11.5 Å². The smallest absolute Gasteiger partial charge is 0.292 e. The zero-order valence-electron chi connectivity index (χ0n) is 12.7. The molecule has 1 amide bonds. The van der Waals surface area contributed by atoms with Crippen LogP contribution in [0.1, 0.15) is 0 Å². The molecule has 0 radical (unpaired) electrons. The van der Waals surface area contributed by atoms with Gasteiger partial charge in [0.25, 0.3) is 5.91 Å². The van der Waals surface area contributed by atoms with E-state index in [1.54, 1.807) is 6.07 Å². The highest BCUT2D eigenvalue weighted by atomic mass is 79.9. The van der Waals surface area contributed by atoms with Crippen molar-refractivity contribution in [2.45, 2.75) is 6.10 Å². The highest BCUT2D eigenvalue weighted by Gasteiger charge is 2.27. The molecule has 1 aliphatic rings. The number of ether oxygens (including phenoxy) is 2. The van der Waals surface area contributed by atoms with Crippen LogP contribution in [-0.4, -0.2) is 23.2 Å². The Morgan fingerprint density at radius 2 is 2.04 bits per heavy atom. The molecule has 0 spiro atoms. The highest BCUT2D eigenvalue weighted by Crippen LogP contribution is 2.31. The molecule has 5 nitrogen and oxygen atoms in total. The van der Waals surface area contributed by atoms with Gasteiger partial charge in [-0.25, -0.2) is 0 Å². The minimum Gasteiger partial charge on any atom is -0.485 e. The van der Waals surface area contributed by atoms with Gasteiger partial charge < -0.3 is 14.0 Å². The first-order valence-corrected chi connectivity index (χ1v) is 8.95. The predicted octanol–water partition coefficient (Wildman–Crippen LogP) is 3.27. The summed E-state index contributed by atoms with van der Waals surface area (Å²) in [6, 6.07) is 13.2. The molecule has 7 heteroatoms. The maximum atomic E-state index is 12.5. The SMILES string of the molecule is Cn1c(=NC(=O)[C@@H]2COc3ccccc3O2)sc2cccc(Br)c21. The standard InChI is InChI=1S/C17H13BrN2O3S/c1-20-15-10(18)5-4-8-14(15)24-17(20)19-16(21)13-9-22-11-6-2-3-7-12(11)23-13/h2-8,13H,9H2,1H3/t13-/m0/s1. The molecule has 4 rings (SSSR count). The molecule has 0 aliphatic carbocycles. The number of amides is 1. The fraction of sp³-hybridized carbons (Fsp3) is 0.176. The lowest BCUT2D eigenvalue weighted by Gasteiger charge is -2.23. The number of para-hydroxylation sites is 3. The Morgan fingerprint density at radius 1 is 1.25 bits per heavy atom. The van der Waals surface area contributed by atoms with Crippen LogP contribution in [0.25, 0.3) is 10.2 Å². The van der Waals surface area contributed by atoms with Gasteiger partial charge in [0.05, 0.1) is 10.2 Å². The lowest BCUT2D eigenvalue weighted by Crippen LogP contribution is -2.36. The van der Waals surface area contributed by atoms with Crippen LogP contribution in [0.3, 0.4) is 0 Å². The average Bonchev–Trinajstić information content (AvgIpc) is 2.91. The van der Waals surface area contributed by atoms with E-state index < -0.39 is 6.10 Å². The second-order valence-corrected chi connectivity index (χ2v) is 7.21. The number of hydrogen-bond donors (Lipinski definition) is 0. The van der Waals surface area contributed by atoms with Crippen molar-refractivity contribution >= 4 is 43.4 Å². The van der Waals surface area contributed by atoms with E-state index in [1.165, 1.54) is 11.3 Å². The Balaban J connectivity index is 1.68. The van der Waals surface area contributed by atoms with Gasteiger partial charge in [0.2, 0.25) is 6.10 Å². The number of nitrogens with zero attached hydrogens (tertiary/aromatic N) is 2. The minimum absolute atomic E-state index is 0.164. The number of aromatic nitrogens is 1. The number of thiazole rings is 1. The number of carbonyl (C=O) groups excluding carboxylic acids is 1. The minimum atomic E-state index is -0.728. The quantitative estimate of drug-likeness (QED) is 0.625. The Bertz CT molecular complexity index is 1010. The van der Waals surface area contributed by atoms with Crippen molar-refractivity contribution < 1.29 is 14.3 Å². The summed E-state index contributed by atoms with van der Waals surface area (Å²) in [5, 5.41) is 0. The van der Waals surface area contributed by atoms with Gasteiger partial charge in [-0.15, -0.1) is 0 Å². The van der Waals surface area contributed by atoms with Crippen molar-refractivity contribution in [2.75, 3.05) is 6.61 Å². The molecule has 0 bridgehead atoms. The maximum absolute atomic E-state index is 12.5. The highest BCUT2D eigenvalue weighted by molar-refractivity contribution is 9.10. The first kappa shape index (κ1) is 15.4. The van der Waals surface area contributed by atoms with Crippen LogP contribution in [0, 0.1) is 0 Å². The molecule has 1 aromatic heterocycles. The molecule has 0 N–H and O–H groups in total. The van der Waals surface area contributed by atoms with Crippen LogP contribution in [0.2, 0.25) is 0 Å². The second kappa shape index (κ2) is 6.07. The van der Waals surface area contributed by atoms with E-state index in [2.05, 4.69) is 20.9 Å². The van der Waals surface area contributed by atoms with Crippen molar-refractivity contribution in [1.29, 1.82) is 0 Å². The summed E-state index contributed by atoms with van der Waals surface area (Å²) < 4.78 is 15.2. The summed E-state index contributed by atoms with van der Waals surface area (Å²) in [5.74, 6) is 0.876. The molecule has 2 heterocycles. The van der Waals surface area contributed by atoms with Gasteiger partial charge in [-0.3, -0.25) is 4.79 Å².